The van der Waals surface area contributed by atoms with Gasteiger partial charge in [0.15, 0.2) is 11.7 Å². The number of aromatic nitrogens is 8. The zero-order valence-electron chi connectivity index (χ0n) is 27.9. The molecule has 54 heavy (non-hydrogen) atoms. The number of benzene rings is 3. The van der Waals surface area contributed by atoms with E-state index in [1.165, 1.54) is 12.3 Å². The van der Waals surface area contributed by atoms with Gasteiger partial charge in [0, 0.05) is 60.9 Å². The highest BCUT2D eigenvalue weighted by Crippen LogP contribution is 2.47. The maximum atomic E-state index is 16.1. The number of tetrazole rings is 1. The third-order valence-corrected chi connectivity index (χ3v) is 9.19. The molecule has 7 rings (SSSR count). The number of alkyl halides is 5. The van der Waals surface area contributed by atoms with E-state index < -0.39 is 58.9 Å². The SMILES string of the molecule is OC(c1cn(-c2ccc(N3CCN(c4ccc(-c5ccc(C(F)(F)C(O)(Cn6cnnn6)c6ccc(F)cc6F)nc5)cc4)CC3)cc2)nn1)C(F)(F)F. The molecule has 0 aliphatic carbocycles. The first-order valence-electron chi connectivity index (χ1n) is 16.3. The number of pyridine rings is 1. The number of halogens is 7. The number of hydrogen-bond donors (Lipinski definition) is 2. The van der Waals surface area contributed by atoms with Crippen LogP contribution in [-0.2, 0) is 18.1 Å². The molecule has 280 valence electrons. The number of rotatable bonds is 10. The van der Waals surface area contributed by atoms with Gasteiger partial charge in [-0.2, -0.15) is 22.0 Å². The van der Waals surface area contributed by atoms with Crippen LogP contribution in [0, 0.1) is 11.6 Å². The molecule has 1 saturated heterocycles. The summed E-state index contributed by atoms with van der Waals surface area (Å²) in [5.74, 6) is -6.57. The molecule has 0 radical (unpaired) electrons. The molecule has 3 aromatic carbocycles. The maximum absolute atomic E-state index is 16.1. The fourth-order valence-electron chi connectivity index (χ4n) is 6.23. The van der Waals surface area contributed by atoms with Crippen LogP contribution in [0.15, 0.2) is 97.6 Å². The van der Waals surface area contributed by atoms with E-state index in [0.29, 0.717) is 49.1 Å². The van der Waals surface area contributed by atoms with E-state index in [9.17, 15) is 32.2 Å². The molecule has 3 aromatic heterocycles. The molecule has 1 aliphatic heterocycles. The Balaban J connectivity index is 0.999. The lowest BCUT2D eigenvalue weighted by Gasteiger charge is -2.37. The van der Waals surface area contributed by atoms with Crippen molar-refractivity contribution in [3.8, 4) is 16.8 Å². The lowest BCUT2D eigenvalue weighted by molar-refractivity contribution is -0.208. The molecule has 19 heteroatoms. The highest BCUT2D eigenvalue weighted by molar-refractivity contribution is 5.66. The van der Waals surface area contributed by atoms with Crippen molar-refractivity contribution >= 4 is 11.4 Å². The Morgan fingerprint density at radius 2 is 1.35 bits per heavy atom. The summed E-state index contributed by atoms with van der Waals surface area (Å²) < 4.78 is 101. The number of aliphatic hydroxyl groups is 2. The minimum atomic E-state index is -4.85. The summed E-state index contributed by atoms with van der Waals surface area (Å²) in [6, 6.07) is 18.8. The number of aliphatic hydroxyl groups excluding tert-OH is 1. The maximum Gasteiger partial charge on any atom is 0.420 e. The van der Waals surface area contributed by atoms with Crippen molar-refractivity contribution < 1.29 is 40.9 Å². The van der Waals surface area contributed by atoms with Crippen molar-refractivity contribution in [2.75, 3.05) is 36.0 Å². The first-order valence-corrected chi connectivity index (χ1v) is 16.3. The van der Waals surface area contributed by atoms with Crippen LogP contribution in [0.3, 0.4) is 0 Å². The molecule has 2 unspecified atom stereocenters. The van der Waals surface area contributed by atoms with Crippen molar-refractivity contribution in [3.63, 3.8) is 0 Å². The molecule has 0 bridgehead atoms. The fourth-order valence-corrected chi connectivity index (χ4v) is 6.23. The second-order valence-electron chi connectivity index (χ2n) is 12.6. The topological polar surface area (TPSA) is 134 Å². The molecule has 0 spiro atoms. The van der Waals surface area contributed by atoms with Crippen LogP contribution in [0.1, 0.15) is 23.1 Å². The third kappa shape index (κ3) is 7.06. The van der Waals surface area contributed by atoms with Crippen molar-refractivity contribution in [2.24, 2.45) is 0 Å². The van der Waals surface area contributed by atoms with Gasteiger partial charge in [0.1, 0.15) is 29.3 Å². The lowest BCUT2D eigenvalue weighted by Crippen LogP contribution is -2.48. The number of nitrogens with zero attached hydrogens (tertiary/aromatic N) is 10. The summed E-state index contributed by atoms with van der Waals surface area (Å²) in [7, 11) is 0. The molecule has 12 nitrogen and oxygen atoms in total. The minimum Gasteiger partial charge on any atom is -0.378 e. The Kier molecular flexibility index (Phi) is 9.52. The normalized spacial score (nSPS) is 15.6. The first-order chi connectivity index (χ1) is 25.7. The molecular weight excluding hydrogens is 725 g/mol. The second kappa shape index (κ2) is 14.1. The largest absolute Gasteiger partial charge is 0.420 e. The quantitative estimate of drug-likeness (QED) is 0.180. The van der Waals surface area contributed by atoms with Crippen LogP contribution >= 0.6 is 0 Å². The summed E-state index contributed by atoms with van der Waals surface area (Å²) in [4.78, 5) is 8.28. The van der Waals surface area contributed by atoms with E-state index in [1.54, 1.807) is 12.1 Å². The summed E-state index contributed by atoms with van der Waals surface area (Å²) in [5.41, 5.74) is -2.07. The molecule has 4 heterocycles. The van der Waals surface area contributed by atoms with E-state index in [1.807, 2.05) is 36.4 Å². The zero-order chi connectivity index (χ0) is 38.3. The van der Waals surface area contributed by atoms with E-state index in [4.69, 9.17) is 0 Å². The van der Waals surface area contributed by atoms with Gasteiger partial charge in [-0.15, -0.1) is 10.2 Å². The van der Waals surface area contributed by atoms with Gasteiger partial charge in [-0.25, -0.2) is 18.1 Å². The van der Waals surface area contributed by atoms with Crippen LogP contribution in [0.5, 0.6) is 0 Å². The zero-order valence-corrected chi connectivity index (χ0v) is 27.9. The average Bonchev–Trinajstić information content (AvgIpc) is 3.87. The standard InChI is InChI=1S/C35H29F7N10O2/c36-24-4-11-28(29(37)17-24)33(54,20-51-21-44-46-48-51)34(38,39)31-12-3-23(18-43-31)22-1-5-25(6-2-22)49-13-15-50(16-14-49)26-7-9-27(10-8-26)52-19-30(45-47-52)32(53)35(40,41)42/h1-12,17-19,21,32,53-54H,13-16,20H2. The molecule has 2 atom stereocenters. The lowest BCUT2D eigenvalue weighted by atomic mass is 9.84. The van der Waals surface area contributed by atoms with Gasteiger partial charge in [-0.05, 0) is 70.6 Å². The summed E-state index contributed by atoms with van der Waals surface area (Å²) in [6.45, 7) is 1.74. The molecular formula is C35H29F7N10O2. The van der Waals surface area contributed by atoms with Gasteiger partial charge in [0.2, 0.25) is 0 Å². The highest BCUT2D eigenvalue weighted by Gasteiger charge is 2.58. The second-order valence-corrected chi connectivity index (χ2v) is 12.6. The molecule has 6 aromatic rings. The van der Waals surface area contributed by atoms with Gasteiger partial charge in [-0.3, -0.25) is 4.98 Å². The van der Waals surface area contributed by atoms with Crippen LogP contribution < -0.4 is 9.80 Å². The Morgan fingerprint density at radius 3 is 1.91 bits per heavy atom. The number of hydrogen-bond acceptors (Lipinski definition) is 10. The fraction of sp³-hybridized carbons (Fsp3) is 0.257. The Morgan fingerprint density at radius 1 is 0.741 bits per heavy atom. The molecule has 1 fully saturated rings. The highest BCUT2D eigenvalue weighted by atomic mass is 19.4. The number of piperazine rings is 1. The monoisotopic (exact) mass is 754 g/mol. The van der Waals surface area contributed by atoms with Crippen LogP contribution in [-0.4, -0.2) is 82.8 Å². The van der Waals surface area contributed by atoms with Crippen LogP contribution in [0.25, 0.3) is 16.8 Å². The molecule has 0 amide bonds. The predicted molar refractivity (Wildman–Crippen MR) is 178 cm³/mol. The van der Waals surface area contributed by atoms with E-state index in [2.05, 4.69) is 40.6 Å². The van der Waals surface area contributed by atoms with Crippen molar-refractivity contribution in [1.29, 1.82) is 0 Å². The molecule has 0 saturated carbocycles. The smallest absolute Gasteiger partial charge is 0.378 e. The molecule has 2 N–H and O–H groups in total. The van der Waals surface area contributed by atoms with Crippen molar-refractivity contribution in [3.05, 3.63) is 126 Å². The Labute approximate surface area is 301 Å². The van der Waals surface area contributed by atoms with Crippen molar-refractivity contribution in [1.82, 2.24) is 40.2 Å². The van der Waals surface area contributed by atoms with E-state index >= 15 is 8.78 Å². The predicted octanol–water partition coefficient (Wildman–Crippen LogP) is 5.20. The Bertz CT molecular complexity index is 2190. The van der Waals surface area contributed by atoms with Crippen molar-refractivity contribution in [2.45, 2.75) is 30.3 Å². The minimum absolute atomic E-state index is 0.399. The Hall–Kier alpha value is -5.95. The molecule has 1 aliphatic rings. The summed E-state index contributed by atoms with van der Waals surface area (Å²) in [6.07, 6.45) is -4.35. The van der Waals surface area contributed by atoms with Gasteiger partial charge in [0.25, 0.3) is 0 Å². The summed E-state index contributed by atoms with van der Waals surface area (Å²) >= 11 is 0. The first kappa shape index (κ1) is 36.4. The van der Waals surface area contributed by atoms with Gasteiger partial charge < -0.3 is 20.0 Å². The number of anilines is 2. The van der Waals surface area contributed by atoms with E-state index in [0.717, 1.165) is 51.5 Å². The van der Waals surface area contributed by atoms with Gasteiger partial charge in [-0.1, -0.05) is 23.4 Å². The summed E-state index contributed by atoms with van der Waals surface area (Å²) in [5, 5.41) is 38.2. The van der Waals surface area contributed by atoms with Crippen LogP contribution in [0.4, 0.5) is 42.1 Å². The van der Waals surface area contributed by atoms with Gasteiger partial charge >= 0.3 is 12.1 Å². The van der Waals surface area contributed by atoms with Crippen LogP contribution in [0.2, 0.25) is 0 Å². The van der Waals surface area contributed by atoms with Gasteiger partial charge in [0.05, 0.1) is 18.4 Å². The van der Waals surface area contributed by atoms with E-state index in [-0.39, 0.29) is 0 Å². The average molecular weight is 755 g/mol. The third-order valence-electron chi connectivity index (χ3n) is 9.19.